The lowest BCUT2D eigenvalue weighted by Gasteiger charge is -2.41. The van der Waals surface area contributed by atoms with Crippen molar-refractivity contribution >= 4 is 11.7 Å². The number of fused-ring (bicyclic) bond motifs is 3. The summed E-state index contributed by atoms with van der Waals surface area (Å²) in [6.07, 6.45) is 3.97. The predicted molar refractivity (Wildman–Crippen MR) is 93.5 cm³/mol. The van der Waals surface area contributed by atoms with E-state index in [1.54, 1.807) is 6.20 Å². The summed E-state index contributed by atoms with van der Waals surface area (Å²) in [4.78, 5) is 26.6. The maximum Gasteiger partial charge on any atom is 0.222 e. The summed E-state index contributed by atoms with van der Waals surface area (Å²) in [5, 5.41) is 8.11. The molecular formula is C19H22N4O3. The van der Waals surface area contributed by atoms with Gasteiger partial charge in [0.25, 0.3) is 0 Å². The Morgan fingerprint density at radius 1 is 1.19 bits per heavy atom. The number of piperidine rings is 1. The molecule has 0 bridgehead atoms. The quantitative estimate of drug-likeness (QED) is 0.768. The van der Waals surface area contributed by atoms with Crippen molar-refractivity contribution in [2.75, 3.05) is 13.1 Å². The van der Waals surface area contributed by atoms with Crippen molar-refractivity contribution in [3.8, 4) is 0 Å². The monoisotopic (exact) mass is 354 g/mol. The Labute approximate surface area is 151 Å². The van der Waals surface area contributed by atoms with Gasteiger partial charge in [-0.05, 0) is 12.8 Å². The van der Waals surface area contributed by atoms with Gasteiger partial charge in [0.05, 0.1) is 30.6 Å². The first-order valence-electron chi connectivity index (χ1n) is 9.09. The van der Waals surface area contributed by atoms with Crippen LogP contribution in [0, 0.1) is 0 Å². The average molecular weight is 354 g/mol. The minimum absolute atomic E-state index is 0.0323. The molecule has 1 saturated heterocycles. The summed E-state index contributed by atoms with van der Waals surface area (Å²) >= 11 is 0. The van der Waals surface area contributed by atoms with Crippen molar-refractivity contribution in [3.63, 3.8) is 0 Å². The van der Waals surface area contributed by atoms with Crippen LogP contribution in [0.1, 0.15) is 47.8 Å². The highest BCUT2D eigenvalue weighted by Gasteiger charge is 2.37. The molecule has 0 unspecified atom stereocenters. The van der Waals surface area contributed by atoms with Crippen LogP contribution >= 0.6 is 0 Å². The molecule has 0 spiro atoms. The number of rotatable bonds is 5. The van der Waals surface area contributed by atoms with Gasteiger partial charge in [0.2, 0.25) is 5.91 Å². The van der Waals surface area contributed by atoms with Crippen LogP contribution in [0.15, 0.2) is 36.5 Å². The van der Waals surface area contributed by atoms with Crippen LogP contribution in [0.25, 0.3) is 0 Å². The number of aromatic nitrogens is 3. The number of amides is 1. The van der Waals surface area contributed by atoms with Crippen LogP contribution in [-0.2, 0) is 16.1 Å². The molecule has 2 aliphatic rings. The number of Topliss-reactive ketones (excluding diaryl/α,β-unsaturated/α-hetero) is 1. The maximum absolute atomic E-state index is 12.6. The number of hydrogen-bond donors (Lipinski definition) is 0. The first kappa shape index (κ1) is 16.9. The van der Waals surface area contributed by atoms with E-state index in [0.29, 0.717) is 44.5 Å². The molecule has 1 fully saturated rings. The number of hydrogen-bond acceptors (Lipinski definition) is 5. The predicted octanol–water partition coefficient (Wildman–Crippen LogP) is 2.00. The van der Waals surface area contributed by atoms with Crippen molar-refractivity contribution in [3.05, 3.63) is 47.8 Å². The third-order valence-corrected chi connectivity index (χ3v) is 5.17. The molecule has 136 valence electrons. The van der Waals surface area contributed by atoms with Crippen LogP contribution in [0.3, 0.4) is 0 Å². The third-order valence-electron chi connectivity index (χ3n) is 5.17. The molecule has 0 saturated carbocycles. The zero-order chi connectivity index (χ0) is 17.9. The molecule has 7 heteroatoms. The van der Waals surface area contributed by atoms with E-state index in [-0.39, 0.29) is 23.8 Å². The minimum Gasteiger partial charge on any atom is -0.370 e. The minimum atomic E-state index is 0.0323. The Bertz CT molecular complexity index is 789. The lowest BCUT2D eigenvalue weighted by atomic mass is 9.99. The van der Waals surface area contributed by atoms with E-state index < -0.39 is 0 Å². The van der Waals surface area contributed by atoms with Crippen LogP contribution in [0.2, 0.25) is 0 Å². The van der Waals surface area contributed by atoms with Gasteiger partial charge in [-0.2, -0.15) is 0 Å². The van der Waals surface area contributed by atoms with Crippen molar-refractivity contribution in [1.82, 2.24) is 19.9 Å². The van der Waals surface area contributed by atoms with Gasteiger partial charge < -0.3 is 9.64 Å². The van der Waals surface area contributed by atoms with Crippen LogP contribution in [0.5, 0.6) is 0 Å². The summed E-state index contributed by atoms with van der Waals surface area (Å²) in [7, 11) is 0. The van der Waals surface area contributed by atoms with Crippen LogP contribution < -0.4 is 0 Å². The van der Waals surface area contributed by atoms with E-state index in [9.17, 15) is 9.59 Å². The van der Waals surface area contributed by atoms with E-state index >= 15 is 0 Å². The molecule has 7 nitrogen and oxygen atoms in total. The molecule has 1 amide bonds. The highest BCUT2D eigenvalue weighted by atomic mass is 16.5. The Balaban J connectivity index is 1.30. The number of benzene rings is 1. The molecular weight excluding hydrogens is 332 g/mol. The maximum atomic E-state index is 12.6. The van der Waals surface area contributed by atoms with Gasteiger partial charge in [-0.15, -0.1) is 5.10 Å². The summed E-state index contributed by atoms with van der Waals surface area (Å²) in [6, 6.07) is 9.26. The fourth-order valence-electron chi connectivity index (χ4n) is 3.73. The van der Waals surface area contributed by atoms with Crippen LogP contribution in [-0.4, -0.2) is 50.8 Å². The molecule has 0 radical (unpaired) electrons. The highest BCUT2D eigenvalue weighted by Crippen LogP contribution is 2.30. The van der Waals surface area contributed by atoms with Gasteiger partial charge in [0.1, 0.15) is 0 Å². The topological polar surface area (TPSA) is 77.3 Å². The number of carbonyl (C=O) groups is 2. The van der Waals surface area contributed by atoms with Crippen LogP contribution in [0.4, 0.5) is 0 Å². The van der Waals surface area contributed by atoms with Crippen molar-refractivity contribution in [1.29, 1.82) is 0 Å². The number of nitrogens with zero attached hydrogens (tertiary/aromatic N) is 4. The Hall–Kier alpha value is -2.54. The summed E-state index contributed by atoms with van der Waals surface area (Å²) in [5.74, 6) is 0.182. The number of carbonyl (C=O) groups excluding carboxylic acids is 2. The smallest absolute Gasteiger partial charge is 0.222 e. The standard InChI is InChI=1S/C19H22N4O3/c24-17(14-5-2-1-3-6-14)7-4-8-19(25)22-10-9-18-16(12-22)23-15(13-26-18)11-20-21-23/h1-3,5-6,11,16,18H,4,7-10,12-13H2/t16-,18-/m1/s1. The normalized spacial score (nSPS) is 21.8. The summed E-state index contributed by atoms with van der Waals surface area (Å²) in [5.41, 5.74) is 1.66. The second kappa shape index (κ2) is 7.37. The van der Waals surface area contributed by atoms with Crippen molar-refractivity contribution in [2.45, 2.75) is 44.4 Å². The molecule has 1 aromatic heterocycles. The van der Waals surface area contributed by atoms with Crippen molar-refractivity contribution < 1.29 is 14.3 Å². The second-order valence-corrected chi connectivity index (χ2v) is 6.86. The molecule has 2 aromatic rings. The van der Waals surface area contributed by atoms with Gasteiger partial charge in [-0.25, -0.2) is 4.68 Å². The largest absolute Gasteiger partial charge is 0.370 e. The lowest BCUT2D eigenvalue weighted by molar-refractivity contribution is -0.138. The Morgan fingerprint density at radius 3 is 2.88 bits per heavy atom. The molecule has 4 rings (SSSR count). The zero-order valence-corrected chi connectivity index (χ0v) is 14.6. The Kier molecular flexibility index (Phi) is 4.79. The fraction of sp³-hybridized carbons (Fsp3) is 0.474. The van der Waals surface area contributed by atoms with Gasteiger partial charge >= 0.3 is 0 Å². The van der Waals surface area contributed by atoms with Gasteiger partial charge in [0.15, 0.2) is 5.78 Å². The van der Waals surface area contributed by atoms with E-state index in [1.165, 1.54) is 0 Å². The second-order valence-electron chi connectivity index (χ2n) is 6.86. The lowest BCUT2D eigenvalue weighted by Crippen LogP contribution is -2.49. The van der Waals surface area contributed by atoms with Crippen molar-refractivity contribution in [2.24, 2.45) is 0 Å². The zero-order valence-electron chi connectivity index (χ0n) is 14.6. The highest BCUT2D eigenvalue weighted by molar-refractivity contribution is 5.96. The summed E-state index contributed by atoms with van der Waals surface area (Å²) < 4.78 is 7.77. The first-order chi connectivity index (χ1) is 12.7. The van der Waals surface area contributed by atoms with Gasteiger partial charge in [0, 0.05) is 31.5 Å². The van der Waals surface area contributed by atoms with Gasteiger partial charge in [-0.3, -0.25) is 9.59 Å². The third kappa shape index (κ3) is 3.39. The Morgan fingerprint density at radius 2 is 2.04 bits per heavy atom. The average Bonchev–Trinajstić information content (AvgIpc) is 3.17. The SMILES string of the molecule is O=C(CCCC(=O)N1CC[C@H]2OCc3cnnn3[C@@H]2C1)c1ccccc1. The van der Waals surface area contributed by atoms with E-state index in [0.717, 1.165) is 12.1 Å². The van der Waals surface area contributed by atoms with E-state index in [1.807, 2.05) is 39.9 Å². The molecule has 0 N–H and O–H groups in total. The van der Waals surface area contributed by atoms with E-state index in [2.05, 4.69) is 10.3 Å². The molecule has 2 aliphatic heterocycles. The van der Waals surface area contributed by atoms with E-state index in [4.69, 9.17) is 4.74 Å². The molecule has 3 heterocycles. The van der Waals surface area contributed by atoms with Gasteiger partial charge in [-0.1, -0.05) is 35.5 Å². The number of likely N-dealkylation sites (tertiary alicyclic amines) is 1. The molecule has 26 heavy (non-hydrogen) atoms. The first-order valence-corrected chi connectivity index (χ1v) is 9.09. The molecule has 1 aromatic carbocycles. The molecule has 2 atom stereocenters. The molecule has 0 aliphatic carbocycles. The number of ether oxygens (including phenoxy) is 1. The summed E-state index contributed by atoms with van der Waals surface area (Å²) in [6.45, 7) is 1.81. The number of ketones is 1. The fourth-order valence-corrected chi connectivity index (χ4v) is 3.73.